The molecular weight excluding hydrogens is 697 g/mol. The van der Waals surface area contributed by atoms with Gasteiger partial charge in [-0.1, -0.05) is 188 Å². The summed E-state index contributed by atoms with van der Waals surface area (Å²) >= 11 is 1.85. The molecule has 0 radical (unpaired) electrons. The molecule has 0 fully saturated rings. The smallest absolute Gasteiger partial charge is 0.160 e. The molecule has 262 valence electrons. The van der Waals surface area contributed by atoms with Crippen LogP contribution >= 0.6 is 11.8 Å². The van der Waals surface area contributed by atoms with Crippen molar-refractivity contribution in [2.75, 3.05) is 0 Å². The van der Waals surface area contributed by atoms with Crippen LogP contribution in [0.1, 0.15) is 22.3 Å². The Labute approximate surface area is 331 Å². The van der Waals surface area contributed by atoms with Gasteiger partial charge in [-0.3, -0.25) is 0 Å². The molecule has 1 aliphatic carbocycles. The van der Waals surface area contributed by atoms with Crippen molar-refractivity contribution in [3.63, 3.8) is 0 Å². The highest BCUT2D eigenvalue weighted by Gasteiger charge is 2.50. The van der Waals surface area contributed by atoms with Gasteiger partial charge in [-0.15, -0.1) is 0 Å². The number of fused-ring (bicyclic) bond motifs is 9. The van der Waals surface area contributed by atoms with Crippen molar-refractivity contribution in [3.8, 4) is 67.3 Å². The lowest BCUT2D eigenvalue weighted by molar-refractivity contribution is 0.722. The van der Waals surface area contributed by atoms with Crippen molar-refractivity contribution < 1.29 is 0 Å². The summed E-state index contributed by atoms with van der Waals surface area (Å²) in [5, 5.41) is 0. The van der Waals surface area contributed by atoms with Crippen LogP contribution in [0.3, 0.4) is 0 Å². The van der Waals surface area contributed by atoms with E-state index >= 15 is 0 Å². The highest BCUT2D eigenvalue weighted by molar-refractivity contribution is 7.99. The molecule has 2 aliphatic rings. The first-order chi connectivity index (χ1) is 27.7. The van der Waals surface area contributed by atoms with E-state index in [0.29, 0.717) is 5.82 Å². The summed E-state index contributed by atoms with van der Waals surface area (Å²) in [5.74, 6) is 0.705. The SMILES string of the molecule is c1ccc(-c2cccc(-c3cc(-c4cccc(-c5ccccc5)c4)nc(-c4ccc5c(c4)Sc4ccccc4C54c5ccccc5-c5ccccc54)n3)c2)cc1. The number of rotatable bonds is 5. The van der Waals surface area contributed by atoms with Crippen molar-refractivity contribution >= 4 is 11.8 Å². The van der Waals surface area contributed by atoms with E-state index in [0.717, 1.165) is 39.2 Å². The van der Waals surface area contributed by atoms with E-state index in [4.69, 9.17) is 9.97 Å². The molecule has 0 amide bonds. The van der Waals surface area contributed by atoms with Crippen LogP contribution in [0.5, 0.6) is 0 Å². The third-order valence-electron chi connectivity index (χ3n) is 11.4. The summed E-state index contributed by atoms with van der Waals surface area (Å²) in [7, 11) is 0. The first-order valence-electron chi connectivity index (χ1n) is 19.1. The summed E-state index contributed by atoms with van der Waals surface area (Å²) in [6.45, 7) is 0. The van der Waals surface area contributed by atoms with Gasteiger partial charge in [0.1, 0.15) is 0 Å². The Balaban J connectivity index is 1.11. The molecule has 3 heteroatoms. The Kier molecular flexibility index (Phi) is 7.68. The highest BCUT2D eigenvalue weighted by Crippen LogP contribution is 2.62. The first-order valence-corrected chi connectivity index (χ1v) is 19.9. The van der Waals surface area contributed by atoms with Crippen LogP contribution in [-0.2, 0) is 5.41 Å². The fourth-order valence-electron chi connectivity index (χ4n) is 8.85. The van der Waals surface area contributed by atoms with E-state index in [1.807, 2.05) is 11.8 Å². The molecular formula is C53H34N2S. The van der Waals surface area contributed by atoms with Crippen molar-refractivity contribution in [2.24, 2.45) is 0 Å². The zero-order chi connectivity index (χ0) is 37.1. The lowest BCUT2D eigenvalue weighted by Crippen LogP contribution is -2.31. The average Bonchev–Trinajstić information content (AvgIpc) is 3.57. The van der Waals surface area contributed by atoms with Crippen LogP contribution < -0.4 is 0 Å². The Morgan fingerprint density at radius 3 is 1.36 bits per heavy atom. The van der Waals surface area contributed by atoms with Gasteiger partial charge in [0.2, 0.25) is 0 Å². The number of benzene rings is 8. The second-order valence-corrected chi connectivity index (χ2v) is 15.6. The molecule has 9 aromatic rings. The minimum absolute atomic E-state index is 0.424. The van der Waals surface area contributed by atoms with Gasteiger partial charge in [0, 0.05) is 26.5 Å². The van der Waals surface area contributed by atoms with Crippen LogP contribution in [0.2, 0.25) is 0 Å². The zero-order valence-electron chi connectivity index (χ0n) is 30.4. The number of aromatic nitrogens is 2. The maximum Gasteiger partial charge on any atom is 0.160 e. The number of nitrogens with zero attached hydrogens (tertiary/aromatic N) is 2. The van der Waals surface area contributed by atoms with E-state index < -0.39 is 5.41 Å². The maximum atomic E-state index is 5.35. The second-order valence-electron chi connectivity index (χ2n) is 14.5. The summed E-state index contributed by atoms with van der Waals surface area (Å²) in [5.41, 5.74) is 17.0. The second kappa shape index (κ2) is 13.2. The van der Waals surface area contributed by atoms with Gasteiger partial charge in [-0.2, -0.15) is 0 Å². The summed E-state index contributed by atoms with van der Waals surface area (Å²) in [6.07, 6.45) is 0. The minimum Gasteiger partial charge on any atom is -0.228 e. The molecule has 1 aliphatic heterocycles. The fourth-order valence-corrected chi connectivity index (χ4v) is 10.1. The molecule has 2 heterocycles. The Hall–Kier alpha value is -6.81. The van der Waals surface area contributed by atoms with Crippen molar-refractivity contribution in [3.05, 3.63) is 229 Å². The number of hydrogen-bond donors (Lipinski definition) is 0. The molecule has 56 heavy (non-hydrogen) atoms. The lowest BCUT2D eigenvalue weighted by Gasteiger charge is -2.39. The average molecular weight is 731 g/mol. The van der Waals surface area contributed by atoms with E-state index in [2.05, 4.69) is 206 Å². The first kappa shape index (κ1) is 32.6. The predicted octanol–water partition coefficient (Wildman–Crippen LogP) is 13.6. The van der Waals surface area contributed by atoms with Crippen molar-refractivity contribution in [1.82, 2.24) is 9.97 Å². The lowest BCUT2D eigenvalue weighted by atomic mass is 9.67. The molecule has 0 N–H and O–H groups in total. The van der Waals surface area contributed by atoms with Gasteiger partial charge in [-0.05, 0) is 86.0 Å². The molecule has 0 saturated heterocycles. The molecule has 0 atom stereocenters. The van der Waals surface area contributed by atoms with Crippen LogP contribution in [0.4, 0.5) is 0 Å². The van der Waals surface area contributed by atoms with Crippen LogP contribution in [0.25, 0.3) is 67.3 Å². The third-order valence-corrected chi connectivity index (χ3v) is 12.5. The van der Waals surface area contributed by atoms with Crippen LogP contribution in [0, 0.1) is 0 Å². The van der Waals surface area contributed by atoms with Gasteiger partial charge in [0.15, 0.2) is 5.82 Å². The third kappa shape index (κ3) is 5.20. The maximum absolute atomic E-state index is 5.35. The fraction of sp³-hybridized carbons (Fsp3) is 0.0189. The Bertz CT molecular complexity index is 2800. The van der Waals surface area contributed by atoms with E-state index in [-0.39, 0.29) is 0 Å². The molecule has 2 nitrogen and oxygen atoms in total. The molecule has 1 spiro atoms. The topological polar surface area (TPSA) is 25.8 Å². The van der Waals surface area contributed by atoms with E-state index in [1.165, 1.54) is 54.3 Å². The largest absolute Gasteiger partial charge is 0.228 e. The van der Waals surface area contributed by atoms with E-state index in [1.54, 1.807) is 0 Å². The molecule has 0 saturated carbocycles. The Morgan fingerprint density at radius 1 is 0.304 bits per heavy atom. The van der Waals surface area contributed by atoms with Gasteiger partial charge in [0.05, 0.1) is 16.8 Å². The van der Waals surface area contributed by atoms with Crippen LogP contribution in [-0.4, -0.2) is 9.97 Å². The van der Waals surface area contributed by atoms with E-state index in [9.17, 15) is 0 Å². The van der Waals surface area contributed by atoms with Gasteiger partial charge < -0.3 is 0 Å². The molecule has 1 aromatic heterocycles. The normalized spacial score (nSPS) is 13.1. The van der Waals surface area contributed by atoms with Crippen molar-refractivity contribution in [1.29, 1.82) is 0 Å². The van der Waals surface area contributed by atoms with Gasteiger partial charge in [-0.25, -0.2) is 9.97 Å². The monoisotopic (exact) mass is 730 g/mol. The standard InChI is InChI=1S/C53H34N2S/c1-3-15-35(16-4-1)37-19-13-21-39(31-37)48-34-49(40-22-14-20-38(32-40)36-17-5-2-6-18-36)55-52(54-48)41-29-30-47-51(33-41)56-50-28-12-11-27-46(50)53(47)44-25-9-7-23-42(44)43-24-8-10-26-45(43)53/h1-34H. The van der Waals surface area contributed by atoms with Crippen molar-refractivity contribution in [2.45, 2.75) is 15.2 Å². The quantitative estimate of drug-likeness (QED) is 0.176. The predicted molar refractivity (Wildman–Crippen MR) is 231 cm³/mol. The summed E-state index contributed by atoms with van der Waals surface area (Å²) in [6, 6.07) is 74.3. The van der Waals surface area contributed by atoms with Gasteiger partial charge >= 0.3 is 0 Å². The molecule has 11 rings (SSSR count). The highest BCUT2D eigenvalue weighted by atomic mass is 32.2. The zero-order valence-corrected chi connectivity index (χ0v) is 31.2. The number of hydrogen-bond acceptors (Lipinski definition) is 3. The summed E-state index contributed by atoms with van der Waals surface area (Å²) in [4.78, 5) is 13.2. The summed E-state index contributed by atoms with van der Waals surface area (Å²) < 4.78 is 0. The molecule has 0 bridgehead atoms. The molecule has 8 aromatic carbocycles. The van der Waals surface area contributed by atoms with Crippen LogP contribution in [0.15, 0.2) is 216 Å². The Morgan fingerprint density at radius 2 is 0.768 bits per heavy atom. The minimum atomic E-state index is -0.424. The van der Waals surface area contributed by atoms with Gasteiger partial charge in [0.25, 0.3) is 0 Å². The molecule has 0 unspecified atom stereocenters.